The minimum absolute atomic E-state index is 0.00218. The number of hydrogen-bond acceptors (Lipinski definition) is 4. The summed E-state index contributed by atoms with van der Waals surface area (Å²) in [4.78, 5) is 18.9. The molecule has 1 heterocycles. The van der Waals surface area contributed by atoms with E-state index in [0.29, 0.717) is 6.54 Å². The van der Waals surface area contributed by atoms with Crippen molar-refractivity contribution in [3.63, 3.8) is 0 Å². The average molecular weight is 376 g/mol. The van der Waals surface area contributed by atoms with E-state index in [1.807, 2.05) is 12.1 Å². The zero-order chi connectivity index (χ0) is 19.9. The van der Waals surface area contributed by atoms with Gasteiger partial charge in [-0.2, -0.15) is 0 Å². The van der Waals surface area contributed by atoms with Crippen LogP contribution in [0.1, 0.15) is 39.2 Å². The first-order chi connectivity index (χ1) is 12.9. The molecule has 1 aromatic rings. The SMILES string of the molecule is CCNC(=NCC(C)(C)c1cccc(OC)c1)N1CCC(C(=O)OC)CC1. The molecule has 1 N–H and O–H groups in total. The monoisotopic (exact) mass is 375 g/mol. The Labute approximate surface area is 162 Å². The van der Waals surface area contributed by atoms with Crippen LogP contribution < -0.4 is 10.1 Å². The Balaban J connectivity index is 2.07. The van der Waals surface area contributed by atoms with Crippen molar-refractivity contribution in [1.29, 1.82) is 0 Å². The van der Waals surface area contributed by atoms with Gasteiger partial charge in [-0.25, -0.2) is 0 Å². The molecule has 1 aromatic carbocycles. The lowest BCUT2D eigenvalue weighted by molar-refractivity contribution is -0.146. The highest BCUT2D eigenvalue weighted by Crippen LogP contribution is 2.27. The molecule has 2 rings (SSSR count). The molecule has 1 aliphatic rings. The van der Waals surface area contributed by atoms with E-state index >= 15 is 0 Å². The van der Waals surface area contributed by atoms with E-state index in [-0.39, 0.29) is 17.3 Å². The second-order valence-corrected chi connectivity index (χ2v) is 7.57. The molecule has 150 valence electrons. The van der Waals surface area contributed by atoms with Crippen LogP contribution in [0.2, 0.25) is 0 Å². The maximum absolute atomic E-state index is 11.7. The number of esters is 1. The number of rotatable bonds is 6. The number of carbonyl (C=O) groups is 1. The van der Waals surface area contributed by atoms with Gasteiger partial charge in [0.25, 0.3) is 0 Å². The normalized spacial score (nSPS) is 16.2. The average Bonchev–Trinajstić information content (AvgIpc) is 2.70. The molecule has 1 aliphatic heterocycles. The first-order valence-electron chi connectivity index (χ1n) is 9.67. The fourth-order valence-electron chi connectivity index (χ4n) is 3.33. The molecule has 1 fully saturated rings. The second kappa shape index (κ2) is 9.62. The fraction of sp³-hybridized carbons (Fsp3) is 0.619. The third kappa shape index (κ3) is 5.62. The molecule has 0 radical (unpaired) electrons. The summed E-state index contributed by atoms with van der Waals surface area (Å²) in [6.45, 7) is 9.56. The van der Waals surface area contributed by atoms with Gasteiger partial charge in [0.05, 0.1) is 26.7 Å². The highest BCUT2D eigenvalue weighted by Gasteiger charge is 2.28. The van der Waals surface area contributed by atoms with E-state index in [9.17, 15) is 4.79 Å². The summed E-state index contributed by atoms with van der Waals surface area (Å²) in [5.41, 5.74) is 1.09. The van der Waals surface area contributed by atoms with Crippen molar-refractivity contribution in [3.8, 4) is 5.75 Å². The number of methoxy groups -OCH3 is 2. The highest BCUT2D eigenvalue weighted by atomic mass is 16.5. The van der Waals surface area contributed by atoms with Crippen LogP contribution in [0.4, 0.5) is 0 Å². The van der Waals surface area contributed by atoms with Gasteiger partial charge in [-0.1, -0.05) is 26.0 Å². The van der Waals surface area contributed by atoms with Gasteiger partial charge >= 0.3 is 5.97 Å². The van der Waals surface area contributed by atoms with E-state index in [4.69, 9.17) is 14.5 Å². The standard InChI is InChI=1S/C21H33N3O3/c1-6-22-20(24-12-10-16(11-13-24)19(25)27-5)23-15-21(2,3)17-8-7-9-18(14-17)26-4/h7-9,14,16H,6,10-13,15H2,1-5H3,(H,22,23). The predicted molar refractivity (Wildman–Crippen MR) is 108 cm³/mol. The van der Waals surface area contributed by atoms with E-state index in [0.717, 1.165) is 44.2 Å². The van der Waals surface area contributed by atoms with Crippen LogP contribution in [-0.4, -0.2) is 57.2 Å². The minimum atomic E-state index is -0.112. The molecule has 0 saturated carbocycles. The van der Waals surface area contributed by atoms with Crippen molar-refractivity contribution >= 4 is 11.9 Å². The highest BCUT2D eigenvalue weighted by molar-refractivity contribution is 5.80. The first-order valence-corrected chi connectivity index (χ1v) is 9.67. The number of aliphatic imine (C=N–C) groups is 1. The lowest BCUT2D eigenvalue weighted by Gasteiger charge is -2.34. The van der Waals surface area contributed by atoms with Crippen LogP contribution in [0, 0.1) is 5.92 Å². The predicted octanol–water partition coefficient (Wildman–Crippen LogP) is 2.82. The topological polar surface area (TPSA) is 63.2 Å². The third-order valence-corrected chi connectivity index (χ3v) is 5.14. The molecular weight excluding hydrogens is 342 g/mol. The van der Waals surface area contributed by atoms with E-state index in [1.54, 1.807) is 7.11 Å². The smallest absolute Gasteiger partial charge is 0.308 e. The Morgan fingerprint density at radius 3 is 2.59 bits per heavy atom. The summed E-state index contributed by atoms with van der Waals surface area (Å²) in [6.07, 6.45) is 1.60. The number of likely N-dealkylation sites (tertiary alicyclic amines) is 1. The molecule has 0 amide bonds. The lowest BCUT2D eigenvalue weighted by Crippen LogP contribution is -2.47. The zero-order valence-corrected chi connectivity index (χ0v) is 17.2. The molecule has 0 bridgehead atoms. The van der Waals surface area contributed by atoms with Gasteiger partial charge < -0.3 is 19.7 Å². The van der Waals surface area contributed by atoms with Gasteiger partial charge in [0.2, 0.25) is 0 Å². The number of hydrogen-bond donors (Lipinski definition) is 1. The van der Waals surface area contributed by atoms with Gasteiger partial charge in [0, 0.05) is 25.0 Å². The molecule has 0 aliphatic carbocycles. The van der Waals surface area contributed by atoms with Crippen LogP contribution in [-0.2, 0) is 14.9 Å². The number of ether oxygens (including phenoxy) is 2. The summed E-state index contributed by atoms with van der Waals surface area (Å²) in [6, 6.07) is 8.16. The Morgan fingerprint density at radius 1 is 1.30 bits per heavy atom. The molecule has 0 aromatic heterocycles. The summed E-state index contributed by atoms with van der Waals surface area (Å²) < 4.78 is 10.2. The van der Waals surface area contributed by atoms with Gasteiger partial charge in [-0.3, -0.25) is 9.79 Å². The molecule has 0 unspecified atom stereocenters. The lowest BCUT2D eigenvalue weighted by atomic mass is 9.84. The first kappa shape index (κ1) is 21.1. The Morgan fingerprint density at radius 2 is 2.00 bits per heavy atom. The number of piperidine rings is 1. The Hall–Kier alpha value is -2.24. The molecular formula is C21H33N3O3. The van der Waals surface area contributed by atoms with Crippen LogP contribution in [0.5, 0.6) is 5.75 Å². The largest absolute Gasteiger partial charge is 0.497 e. The fourth-order valence-corrected chi connectivity index (χ4v) is 3.33. The Bertz CT molecular complexity index is 650. The van der Waals surface area contributed by atoms with Crippen molar-refractivity contribution < 1.29 is 14.3 Å². The molecule has 27 heavy (non-hydrogen) atoms. The number of carbonyl (C=O) groups excluding carboxylic acids is 1. The van der Waals surface area contributed by atoms with E-state index in [2.05, 4.69) is 43.1 Å². The number of nitrogens with one attached hydrogen (secondary N) is 1. The summed E-state index contributed by atoms with van der Waals surface area (Å²) in [5.74, 6) is 1.68. The van der Waals surface area contributed by atoms with Crippen LogP contribution in [0.15, 0.2) is 29.3 Å². The zero-order valence-electron chi connectivity index (χ0n) is 17.2. The van der Waals surface area contributed by atoms with Crippen molar-refractivity contribution in [2.75, 3.05) is 40.4 Å². The van der Waals surface area contributed by atoms with Gasteiger partial charge in [-0.15, -0.1) is 0 Å². The van der Waals surface area contributed by atoms with Gasteiger partial charge in [0.1, 0.15) is 5.75 Å². The second-order valence-electron chi connectivity index (χ2n) is 7.57. The molecule has 1 saturated heterocycles. The molecule has 6 nitrogen and oxygen atoms in total. The summed E-state index contributed by atoms with van der Waals surface area (Å²) >= 11 is 0. The maximum Gasteiger partial charge on any atom is 0.308 e. The van der Waals surface area contributed by atoms with Crippen molar-refractivity contribution in [2.45, 2.75) is 39.0 Å². The number of guanidine groups is 1. The molecule has 6 heteroatoms. The quantitative estimate of drug-likeness (QED) is 0.471. The number of benzene rings is 1. The van der Waals surface area contributed by atoms with Crippen molar-refractivity contribution in [1.82, 2.24) is 10.2 Å². The van der Waals surface area contributed by atoms with Gasteiger partial charge in [0.15, 0.2) is 5.96 Å². The van der Waals surface area contributed by atoms with Crippen LogP contribution in [0.25, 0.3) is 0 Å². The van der Waals surface area contributed by atoms with Crippen LogP contribution >= 0.6 is 0 Å². The van der Waals surface area contributed by atoms with Crippen LogP contribution in [0.3, 0.4) is 0 Å². The molecule has 0 atom stereocenters. The summed E-state index contributed by atoms with van der Waals surface area (Å²) in [5, 5.41) is 3.39. The summed E-state index contributed by atoms with van der Waals surface area (Å²) in [7, 11) is 3.15. The Kier molecular flexibility index (Phi) is 7.51. The van der Waals surface area contributed by atoms with Gasteiger partial charge in [-0.05, 0) is 37.5 Å². The van der Waals surface area contributed by atoms with Crippen molar-refractivity contribution in [2.24, 2.45) is 10.9 Å². The molecule has 0 spiro atoms. The van der Waals surface area contributed by atoms with E-state index < -0.39 is 0 Å². The minimum Gasteiger partial charge on any atom is -0.497 e. The number of nitrogens with zero attached hydrogens (tertiary/aromatic N) is 2. The van der Waals surface area contributed by atoms with E-state index in [1.165, 1.54) is 12.7 Å². The third-order valence-electron chi connectivity index (χ3n) is 5.14. The van der Waals surface area contributed by atoms with Crippen molar-refractivity contribution in [3.05, 3.63) is 29.8 Å². The maximum atomic E-state index is 11.7.